The van der Waals surface area contributed by atoms with Crippen molar-refractivity contribution in [3.63, 3.8) is 0 Å². The summed E-state index contributed by atoms with van der Waals surface area (Å²) in [4.78, 5) is 36.1. The molecule has 154 valence electrons. The highest BCUT2D eigenvalue weighted by Gasteiger charge is 2.37. The molecule has 1 fully saturated rings. The number of amides is 1. The maximum atomic E-state index is 13.1. The highest BCUT2D eigenvalue weighted by molar-refractivity contribution is 5.92. The predicted octanol–water partition coefficient (Wildman–Crippen LogP) is 1.36. The fraction of sp³-hybridized carbons (Fsp3) is 0.381. The van der Waals surface area contributed by atoms with Crippen molar-refractivity contribution in [2.24, 2.45) is 5.92 Å². The van der Waals surface area contributed by atoms with Gasteiger partial charge in [0.25, 0.3) is 11.5 Å². The number of hydrogen-bond acceptors (Lipinski definition) is 6. The Morgan fingerprint density at radius 2 is 2.07 bits per heavy atom. The van der Waals surface area contributed by atoms with Crippen molar-refractivity contribution in [3.8, 4) is 11.3 Å². The minimum Gasteiger partial charge on any atom is -0.384 e. The molecule has 1 amide bonds. The van der Waals surface area contributed by atoms with Crippen LogP contribution in [0.4, 0.5) is 5.82 Å². The molecule has 2 aliphatic heterocycles. The number of carbonyl (C=O) groups excluding carboxylic acids is 1. The van der Waals surface area contributed by atoms with Crippen LogP contribution in [0.15, 0.2) is 41.6 Å². The molecule has 5 rings (SSSR count). The monoisotopic (exact) mass is 405 g/mol. The lowest BCUT2D eigenvalue weighted by Gasteiger charge is -2.42. The molecular formula is C21H23N7O2. The van der Waals surface area contributed by atoms with E-state index in [1.54, 1.807) is 29.1 Å². The smallest absolute Gasteiger partial charge is 0.272 e. The summed E-state index contributed by atoms with van der Waals surface area (Å²) in [7, 11) is 0. The van der Waals surface area contributed by atoms with Crippen molar-refractivity contribution in [1.82, 2.24) is 29.2 Å². The van der Waals surface area contributed by atoms with E-state index in [0.29, 0.717) is 43.4 Å². The number of nitrogens with zero attached hydrogens (tertiary/aromatic N) is 6. The number of piperidine rings is 1. The van der Waals surface area contributed by atoms with Gasteiger partial charge in [0, 0.05) is 61.7 Å². The van der Waals surface area contributed by atoms with Crippen LogP contribution in [0.1, 0.15) is 35.4 Å². The van der Waals surface area contributed by atoms with Gasteiger partial charge in [-0.15, -0.1) is 0 Å². The van der Waals surface area contributed by atoms with Crippen molar-refractivity contribution in [3.05, 3.63) is 58.5 Å². The second-order valence-corrected chi connectivity index (χ2v) is 7.99. The lowest BCUT2D eigenvalue weighted by atomic mass is 9.82. The molecule has 0 radical (unpaired) electrons. The SMILES string of the molecule is CCn1nccc1C(=O)N1C[C@@H]2C[C@H](C1)c1cc(-c3cc(N)ncn3)cc(=O)n1C2. The number of fused-ring (bicyclic) bond motifs is 4. The van der Waals surface area contributed by atoms with Gasteiger partial charge < -0.3 is 15.2 Å². The summed E-state index contributed by atoms with van der Waals surface area (Å²) < 4.78 is 3.58. The molecule has 2 atom stereocenters. The third-order valence-electron chi connectivity index (χ3n) is 6.06. The zero-order chi connectivity index (χ0) is 20.8. The topological polar surface area (TPSA) is 112 Å². The predicted molar refractivity (Wildman–Crippen MR) is 111 cm³/mol. The van der Waals surface area contributed by atoms with Crippen LogP contribution in [0.25, 0.3) is 11.3 Å². The van der Waals surface area contributed by atoms with Gasteiger partial charge in [-0.3, -0.25) is 14.3 Å². The number of anilines is 1. The molecule has 2 N–H and O–H groups in total. The Morgan fingerprint density at radius 1 is 1.20 bits per heavy atom. The van der Waals surface area contributed by atoms with Crippen LogP contribution >= 0.6 is 0 Å². The van der Waals surface area contributed by atoms with E-state index >= 15 is 0 Å². The maximum Gasteiger partial charge on any atom is 0.272 e. The molecule has 3 aromatic rings. The van der Waals surface area contributed by atoms with Crippen molar-refractivity contribution >= 4 is 11.7 Å². The number of aromatic nitrogens is 5. The van der Waals surface area contributed by atoms with Crippen LogP contribution in [0.5, 0.6) is 0 Å². The Morgan fingerprint density at radius 3 is 2.87 bits per heavy atom. The Hall–Kier alpha value is -3.49. The van der Waals surface area contributed by atoms with Crippen molar-refractivity contribution in [2.75, 3.05) is 18.8 Å². The molecule has 9 heteroatoms. The summed E-state index contributed by atoms with van der Waals surface area (Å²) in [5.74, 6) is 0.724. The largest absolute Gasteiger partial charge is 0.384 e. The average Bonchev–Trinajstić information content (AvgIpc) is 3.22. The maximum absolute atomic E-state index is 13.1. The number of carbonyl (C=O) groups is 1. The normalized spacial score (nSPS) is 20.1. The Bertz CT molecular complexity index is 1180. The Labute approximate surface area is 173 Å². The molecule has 5 heterocycles. The first-order valence-corrected chi connectivity index (χ1v) is 10.2. The third-order valence-corrected chi connectivity index (χ3v) is 6.06. The summed E-state index contributed by atoms with van der Waals surface area (Å²) in [5.41, 5.74) is 8.66. The molecule has 9 nitrogen and oxygen atoms in total. The molecule has 2 bridgehead atoms. The quantitative estimate of drug-likeness (QED) is 0.704. The van der Waals surface area contributed by atoms with E-state index in [1.807, 2.05) is 22.5 Å². The number of aryl methyl sites for hydroxylation is 1. The molecule has 30 heavy (non-hydrogen) atoms. The van der Waals surface area contributed by atoms with E-state index in [1.165, 1.54) is 6.33 Å². The van der Waals surface area contributed by atoms with Crippen LogP contribution in [0.3, 0.4) is 0 Å². The van der Waals surface area contributed by atoms with Gasteiger partial charge in [-0.25, -0.2) is 9.97 Å². The second-order valence-electron chi connectivity index (χ2n) is 7.99. The van der Waals surface area contributed by atoms with Gasteiger partial charge in [-0.05, 0) is 31.4 Å². The molecule has 0 unspecified atom stereocenters. The first-order valence-electron chi connectivity index (χ1n) is 10.2. The van der Waals surface area contributed by atoms with E-state index in [9.17, 15) is 9.59 Å². The van der Waals surface area contributed by atoms with Gasteiger partial charge in [0.15, 0.2) is 0 Å². The van der Waals surface area contributed by atoms with Crippen LogP contribution in [-0.4, -0.2) is 48.2 Å². The van der Waals surface area contributed by atoms with Crippen molar-refractivity contribution in [1.29, 1.82) is 0 Å². The standard InChI is InChI=1S/C21H23N7O2/c1-2-28-17(3-4-25-28)21(30)26-9-13-5-15(11-26)18-6-14(7-20(29)27(18)10-13)16-8-19(22)24-12-23-16/h3-4,6-8,12-13,15H,2,5,9-11H2,1H3,(H2,22,23,24)/t13-,15+/m0/s1. The lowest BCUT2D eigenvalue weighted by molar-refractivity contribution is 0.0582. The minimum absolute atomic E-state index is 0.000393. The Kier molecular flexibility index (Phi) is 4.38. The fourth-order valence-electron chi connectivity index (χ4n) is 4.73. The summed E-state index contributed by atoms with van der Waals surface area (Å²) in [5, 5.41) is 4.22. The number of rotatable bonds is 3. The van der Waals surface area contributed by atoms with E-state index < -0.39 is 0 Å². The molecule has 0 aromatic carbocycles. The van der Waals surface area contributed by atoms with Gasteiger partial charge in [-0.2, -0.15) is 5.10 Å². The summed E-state index contributed by atoms with van der Waals surface area (Å²) in [6.07, 6.45) is 4.03. The fourth-order valence-corrected chi connectivity index (χ4v) is 4.73. The first-order chi connectivity index (χ1) is 14.5. The van der Waals surface area contributed by atoms with Gasteiger partial charge in [0.1, 0.15) is 17.8 Å². The number of nitrogen functional groups attached to an aromatic ring is 1. The molecule has 1 saturated heterocycles. The molecule has 3 aromatic heterocycles. The molecular weight excluding hydrogens is 382 g/mol. The number of likely N-dealkylation sites (tertiary alicyclic amines) is 1. The number of pyridine rings is 1. The van der Waals surface area contributed by atoms with E-state index in [4.69, 9.17) is 5.73 Å². The zero-order valence-corrected chi connectivity index (χ0v) is 16.7. The molecule has 0 spiro atoms. The first kappa shape index (κ1) is 18.5. The molecule has 0 aliphatic carbocycles. The van der Waals surface area contributed by atoms with Crippen LogP contribution in [0, 0.1) is 5.92 Å². The summed E-state index contributed by atoms with van der Waals surface area (Å²) >= 11 is 0. The average molecular weight is 405 g/mol. The van der Waals surface area contributed by atoms with E-state index in [-0.39, 0.29) is 23.3 Å². The Balaban J connectivity index is 1.49. The number of hydrogen-bond donors (Lipinski definition) is 1. The van der Waals surface area contributed by atoms with Gasteiger partial charge in [0.2, 0.25) is 0 Å². The van der Waals surface area contributed by atoms with E-state index in [0.717, 1.165) is 17.7 Å². The zero-order valence-electron chi connectivity index (χ0n) is 16.7. The van der Waals surface area contributed by atoms with Gasteiger partial charge >= 0.3 is 0 Å². The van der Waals surface area contributed by atoms with Gasteiger partial charge in [-0.1, -0.05) is 0 Å². The van der Waals surface area contributed by atoms with Crippen molar-refractivity contribution < 1.29 is 4.79 Å². The van der Waals surface area contributed by atoms with Crippen LogP contribution < -0.4 is 11.3 Å². The molecule has 2 aliphatic rings. The van der Waals surface area contributed by atoms with E-state index in [2.05, 4.69) is 15.1 Å². The number of nitrogens with two attached hydrogens (primary N) is 1. The van der Waals surface area contributed by atoms with Crippen LogP contribution in [0.2, 0.25) is 0 Å². The van der Waals surface area contributed by atoms with Gasteiger partial charge in [0.05, 0.1) is 5.69 Å². The lowest BCUT2D eigenvalue weighted by Crippen LogP contribution is -2.49. The third kappa shape index (κ3) is 3.06. The summed E-state index contributed by atoms with van der Waals surface area (Å²) in [6.45, 7) is 4.48. The molecule has 0 saturated carbocycles. The highest BCUT2D eigenvalue weighted by Crippen LogP contribution is 2.36. The second kappa shape index (κ2) is 7.08. The highest BCUT2D eigenvalue weighted by atomic mass is 16.2. The van der Waals surface area contributed by atoms with Crippen molar-refractivity contribution in [2.45, 2.75) is 32.4 Å². The summed E-state index contributed by atoms with van der Waals surface area (Å²) in [6, 6.07) is 7.05. The van der Waals surface area contributed by atoms with Crippen LogP contribution in [-0.2, 0) is 13.1 Å². The minimum atomic E-state index is -0.0433.